The minimum atomic E-state index is -3.38. The summed E-state index contributed by atoms with van der Waals surface area (Å²) in [7, 11) is -3.38. The summed E-state index contributed by atoms with van der Waals surface area (Å²) in [6.07, 6.45) is 3.03. The first kappa shape index (κ1) is 20.2. The van der Waals surface area contributed by atoms with Crippen LogP contribution in [0.4, 0.5) is 4.39 Å². The van der Waals surface area contributed by atoms with E-state index < -0.39 is 9.84 Å². The van der Waals surface area contributed by atoms with Gasteiger partial charge in [0.1, 0.15) is 5.82 Å². The van der Waals surface area contributed by atoms with Crippen LogP contribution < -0.4 is 0 Å². The van der Waals surface area contributed by atoms with Crippen LogP contribution in [0.3, 0.4) is 0 Å². The van der Waals surface area contributed by atoms with Gasteiger partial charge in [-0.15, -0.1) is 0 Å². The molecule has 4 aromatic rings. The molecule has 1 aliphatic rings. The molecule has 1 aliphatic heterocycles. The lowest BCUT2D eigenvalue weighted by Crippen LogP contribution is -2.23. The molecule has 0 aliphatic carbocycles. The Morgan fingerprint density at radius 2 is 1.81 bits per heavy atom. The van der Waals surface area contributed by atoms with Crippen molar-refractivity contribution in [3.8, 4) is 0 Å². The van der Waals surface area contributed by atoms with E-state index in [1.54, 1.807) is 12.1 Å². The highest BCUT2D eigenvalue weighted by Gasteiger charge is 2.28. The van der Waals surface area contributed by atoms with Crippen molar-refractivity contribution in [3.63, 3.8) is 0 Å². The number of pyridine rings is 1. The molecule has 1 fully saturated rings. The van der Waals surface area contributed by atoms with Crippen molar-refractivity contribution in [2.75, 3.05) is 19.5 Å². The van der Waals surface area contributed by atoms with Crippen LogP contribution in [0.25, 0.3) is 21.9 Å². The molecule has 7 heteroatoms. The van der Waals surface area contributed by atoms with Gasteiger partial charge >= 0.3 is 0 Å². The fraction of sp³-hybridized carbons (Fsp3) is 0.292. The van der Waals surface area contributed by atoms with Crippen molar-refractivity contribution in [2.45, 2.75) is 23.7 Å². The van der Waals surface area contributed by atoms with Gasteiger partial charge in [0.25, 0.3) is 0 Å². The number of aromatic nitrogens is 2. The maximum atomic E-state index is 13.6. The molecule has 1 N–H and O–H groups in total. The van der Waals surface area contributed by atoms with Gasteiger partial charge in [0.05, 0.1) is 21.4 Å². The Morgan fingerprint density at radius 1 is 1.06 bits per heavy atom. The summed E-state index contributed by atoms with van der Waals surface area (Å²) in [4.78, 5) is 8.50. The van der Waals surface area contributed by atoms with E-state index in [9.17, 15) is 12.8 Å². The van der Waals surface area contributed by atoms with E-state index in [4.69, 9.17) is 9.72 Å². The van der Waals surface area contributed by atoms with Crippen LogP contribution >= 0.6 is 0 Å². The fourth-order valence-electron chi connectivity index (χ4n) is 4.66. The van der Waals surface area contributed by atoms with Crippen molar-refractivity contribution in [1.82, 2.24) is 9.97 Å². The van der Waals surface area contributed by atoms with Crippen molar-refractivity contribution in [1.29, 1.82) is 0 Å². The number of sulfone groups is 1. The highest BCUT2D eigenvalue weighted by molar-refractivity contribution is 7.91. The SMILES string of the molecule is CS(=O)(=O)c1cccc2c1[nH]c1ccc([C@H](c3ccc(F)cc3)C3CCOCC3)nc12. The lowest BCUT2D eigenvalue weighted by molar-refractivity contribution is 0.0613. The number of H-pyrrole nitrogens is 1. The van der Waals surface area contributed by atoms with Crippen LogP contribution in [-0.2, 0) is 14.6 Å². The highest BCUT2D eigenvalue weighted by Crippen LogP contribution is 2.38. The predicted molar refractivity (Wildman–Crippen MR) is 118 cm³/mol. The molecule has 2 aromatic carbocycles. The summed E-state index contributed by atoms with van der Waals surface area (Å²) in [5.41, 5.74) is 4.04. The fourth-order valence-corrected chi connectivity index (χ4v) is 5.52. The third-order valence-electron chi connectivity index (χ3n) is 6.14. The number of para-hydroxylation sites is 1. The highest BCUT2D eigenvalue weighted by atomic mass is 32.2. The van der Waals surface area contributed by atoms with Crippen LogP contribution in [0.1, 0.15) is 30.0 Å². The molecule has 31 heavy (non-hydrogen) atoms. The number of hydrogen-bond acceptors (Lipinski definition) is 4. The normalized spacial score (nSPS) is 16.7. The molecule has 5 rings (SSSR count). The summed E-state index contributed by atoms with van der Waals surface area (Å²) in [6.45, 7) is 1.41. The zero-order valence-corrected chi connectivity index (χ0v) is 18.0. The molecule has 160 valence electrons. The molecular weight excluding hydrogens is 415 g/mol. The molecule has 5 nitrogen and oxygen atoms in total. The van der Waals surface area contributed by atoms with E-state index in [1.165, 1.54) is 18.4 Å². The number of benzene rings is 2. The van der Waals surface area contributed by atoms with Crippen molar-refractivity contribution in [3.05, 3.63) is 71.7 Å². The van der Waals surface area contributed by atoms with E-state index in [0.717, 1.165) is 40.5 Å². The molecule has 0 unspecified atom stereocenters. The Balaban J connectivity index is 1.69. The van der Waals surface area contributed by atoms with Crippen LogP contribution in [0.15, 0.2) is 59.5 Å². The van der Waals surface area contributed by atoms with E-state index in [-0.39, 0.29) is 16.6 Å². The molecular formula is C24H23FN2O3S. The van der Waals surface area contributed by atoms with Crippen LogP contribution in [0.2, 0.25) is 0 Å². The van der Waals surface area contributed by atoms with Crippen LogP contribution in [-0.4, -0.2) is 37.9 Å². The lowest BCUT2D eigenvalue weighted by Gasteiger charge is -2.30. The van der Waals surface area contributed by atoms with E-state index in [0.29, 0.717) is 24.6 Å². The van der Waals surface area contributed by atoms with Gasteiger partial charge in [-0.1, -0.05) is 24.3 Å². The molecule has 0 saturated carbocycles. The smallest absolute Gasteiger partial charge is 0.177 e. The van der Waals surface area contributed by atoms with Gasteiger partial charge < -0.3 is 9.72 Å². The number of rotatable bonds is 4. The summed E-state index contributed by atoms with van der Waals surface area (Å²) in [5, 5.41) is 0.782. The third-order valence-corrected chi connectivity index (χ3v) is 7.28. The summed E-state index contributed by atoms with van der Waals surface area (Å²) in [5.74, 6) is 0.0840. The first-order valence-electron chi connectivity index (χ1n) is 10.4. The minimum absolute atomic E-state index is 0.0111. The summed E-state index contributed by atoms with van der Waals surface area (Å²) >= 11 is 0. The third kappa shape index (κ3) is 3.72. The molecule has 3 heterocycles. The molecule has 1 saturated heterocycles. The second kappa shape index (κ2) is 7.73. The monoisotopic (exact) mass is 438 g/mol. The Bertz CT molecular complexity index is 1360. The van der Waals surface area contributed by atoms with Crippen LogP contribution in [0.5, 0.6) is 0 Å². The Labute approximate surface area is 180 Å². The minimum Gasteiger partial charge on any atom is -0.381 e. The molecule has 0 amide bonds. The van der Waals surface area contributed by atoms with Gasteiger partial charge in [0.2, 0.25) is 0 Å². The predicted octanol–water partition coefficient (Wildman–Crippen LogP) is 4.82. The van der Waals surface area contributed by atoms with Crippen molar-refractivity contribution >= 4 is 31.8 Å². The van der Waals surface area contributed by atoms with Gasteiger partial charge in [-0.05, 0) is 54.7 Å². The quantitative estimate of drug-likeness (QED) is 0.496. The first-order chi connectivity index (χ1) is 14.9. The zero-order chi connectivity index (χ0) is 21.6. The number of nitrogens with one attached hydrogen (secondary N) is 1. The Hall–Kier alpha value is -2.77. The van der Waals surface area contributed by atoms with Gasteiger partial charge in [-0.3, -0.25) is 0 Å². The van der Waals surface area contributed by atoms with E-state index in [2.05, 4.69) is 4.98 Å². The van der Waals surface area contributed by atoms with Gasteiger partial charge in [-0.2, -0.15) is 0 Å². The molecule has 0 bridgehead atoms. The summed E-state index contributed by atoms with van der Waals surface area (Å²) < 4.78 is 43.6. The second-order valence-corrected chi connectivity index (χ2v) is 10.2. The van der Waals surface area contributed by atoms with Crippen molar-refractivity contribution in [2.24, 2.45) is 5.92 Å². The molecule has 1 atom stereocenters. The van der Waals surface area contributed by atoms with Crippen molar-refractivity contribution < 1.29 is 17.5 Å². The standard InChI is InChI=1S/C24H23FN2O3S/c1-31(28,29)21-4-2-3-18-23-20(27-24(18)21)10-9-19(26-23)22(16-11-13-30-14-12-16)15-5-7-17(25)8-6-15/h2-10,16,22,27H,11-14H2,1H3/t22-/m1/s1. The Morgan fingerprint density at radius 3 is 2.52 bits per heavy atom. The molecule has 0 radical (unpaired) electrons. The average Bonchev–Trinajstić information content (AvgIpc) is 3.13. The molecule has 2 aromatic heterocycles. The number of aromatic amines is 1. The van der Waals surface area contributed by atoms with Gasteiger partial charge in [0.15, 0.2) is 9.84 Å². The number of ether oxygens (including phenoxy) is 1. The maximum Gasteiger partial charge on any atom is 0.177 e. The summed E-state index contributed by atoms with van der Waals surface area (Å²) in [6, 6.07) is 15.8. The largest absolute Gasteiger partial charge is 0.381 e. The van der Waals surface area contributed by atoms with Gasteiger partial charge in [-0.25, -0.2) is 17.8 Å². The van der Waals surface area contributed by atoms with Crippen LogP contribution in [0, 0.1) is 11.7 Å². The number of halogens is 1. The van der Waals surface area contributed by atoms with E-state index in [1.807, 2.05) is 30.3 Å². The molecule has 0 spiro atoms. The maximum absolute atomic E-state index is 13.6. The number of fused-ring (bicyclic) bond motifs is 3. The number of nitrogens with zero attached hydrogens (tertiary/aromatic N) is 1. The Kier molecular flexibility index (Phi) is 5.02. The topological polar surface area (TPSA) is 72.0 Å². The zero-order valence-electron chi connectivity index (χ0n) is 17.1. The van der Waals surface area contributed by atoms with E-state index >= 15 is 0 Å². The van der Waals surface area contributed by atoms with Gasteiger partial charge in [0, 0.05) is 36.5 Å². The lowest BCUT2D eigenvalue weighted by atomic mass is 9.79. The second-order valence-electron chi connectivity index (χ2n) is 8.19. The average molecular weight is 439 g/mol. The first-order valence-corrected chi connectivity index (χ1v) is 12.3. The number of hydrogen-bond donors (Lipinski definition) is 1.